The van der Waals surface area contributed by atoms with Crippen LogP contribution in [0.3, 0.4) is 0 Å². The Labute approximate surface area is 117 Å². The average molecular weight is 301 g/mol. The molecule has 1 aliphatic rings. The summed E-state index contributed by atoms with van der Waals surface area (Å²) < 4.78 is 41.4. The van der Waals surface area contributed by atoms with E-state index in [0.717, 1.165) is 12.1 Å². The molecule has 2 rings (SSSR count). The molecule has 1 heterocycles. The number of ether oxygens (including phenoxy) is 1. The van der Waals surface area contributed by atoms with E-state index in [-0.39, 0.29) is 30.1 Å². The molecule has 0 aromatic heterocycles. The normalized spacial score (nSPS) is 14.5. The van der Waals surface area contributed by atoms with Gasteiger partial charge in [0.2, 0.25) is 5.91 Å². The fourth-order valence-corrected chi connectivity index (χ4v) is 1.61. The largest absolute Gasteiger partial charge is 0.432 e. The molecule has 0 spiro atoms. The third-order valence-corrected chi connectivity index (χ3v) is 2.57. The Morgan fingerprint density at radius 1 is 1.38 bits per heavy atom. The predicted octanol–water partition coefficient (Wildman–Crippen LogP) is 1.63. The van der Waals surface area contributed by atoms with Crippen LogP contribution in [0.4, 0.5) is 18.9 Å². The Morgan fingerprint density at radius 3 is 2.71 bits per heavy atom. The van der Waals surface area contributed by atoms with Crippen molar-refractivity contribution in [3.8, 4) is 5.75 Å². The second-order valence-corrected chi connectivity index (χ2v) is 4.07. The van der Waals surface area contributed by atoms with E-state index in [0.29, 0.717) is 0 Å². The summed E-state index contributed by atoms with van der Waals surface area (Å²) in [5, 5.41) is 5.92. The zero-order valence-electron chi connectivity index (χ0n) is 10.5. The van der Waals surface area contributed by atoms with Gasteiger partial charge in [0.25, 0.3) is 5.91 Å². The first kappa shape index (κ1) is 14.8. The minimum absolute atomic E-state index is 0.0544. The number of rotatable bonds is 4. The maximum absolute atomic E-state index is 13.5. The summed E-state index contributed by atoms with van der Waals surface area (Å²) in [6.45, 7) is -3.14. The highest BCUT2D eigenvalue weighted by Crippen LogP contribution is 2.22. The van der Waals surface area contributed by atoms with Crippen LogP contribution >= 0.6 is 0 Å². The SMILES string of the molecule is O=C1CCC(C(=O)Nc2ccc(OC(F)F)c(F)c2)=NN1. The molecule has 2 N–H and O–H groups in total. The zero-order chi connectivity index (χ0) is 15.4. The van der Waals surface area contributed by atoms with Gasteiger partial charge in [-0.2, -0.15) is 13.9 Å². The van der Waals surface area contributed by atoms with Crippen LogP contribution in [0.5, 0.6) is 5.75 Å². The van der Waals surface area contributed by atoms with Crippen LogP contribution in [-0.2, 0) is 9.59 Å². The van der Waals surface area contributed by atoms with Crippen molar-refractivity contribution in [2.75, 3.05) is 5.32 Å². The molecule has 0 radical (unpaired) electrons. The average Bonchev–Trinajstić information content (AvgIpc) is 2.42. The van der Waals surface area contributed by atoms with Crippen LogP contribution in [0.25, 0.3) is 0 Å². The number of hydrazone groups is 1. The molecule has 0 saturated carbocycles. The minimum Gasteiger partial charge on any atom is -0.432 e. The van der Waals surface area contributed by atoms with E-state index in [2.05, 4.69) is 20.6 Å². The van der Waals surface area contributed by atoms with E-state index in [4.69, 9.17) is 0 Å². The van der Waals surface area contributed by atoms with Crippen molar-refractivity contribution >= 4 is 23.2 Å². The van der Waals surface area contributed by atoms with E-state index in [1.54, 1.807) is 0 Å². The van der Waals surface area contributed by atoms with Gasteiger partial charge in [-0.05, 0) is 12.1 Å². The number of hydrogen-bond donors (Lipinski definition) is 2. The summed E-state index contributed by atoms with van der Waals surface area (Å²) in [5.74, 6) is -2.57. The molecule has 2 amide bonds. The first-order chi connectivity index (χ1) is 9.95. The van der Waals surface area contributed by atoms with E-state index < -0.39 is 24.1 Å². The zero-order valence-corrected chi connectivity index (χ0v) is 10.5. The Hall–Kier alpha value is -2.58. The van der Waals surface area contributed by atoms with Crippen molar-refractivity contribution < 1.29 is 27.5 Å². The number of hydrogen-bond acceptors (Lipinski definition) is 4. The standard InChI is InChI=1S/C12H10F3N3O3/c13-7-5-6(1-3-9(7)21-12(14)15)16-11(20)8-2-4-10(19)18-17-8/h1,3,5,12H,2,4H2,(H,16,20)(H,18,19). The Balaban J connectivity index is 2.04. The van der Waals surface area contributed by atoms with Crippen LogP contribution < -0.4 is 15.5 Å². The topological polar surface area (TPSA) is 79.8 Å². The molecule has 9 heteroatoms. The van der Waals surface area contributed by atoms with Gasteiger partial charge in [0.15, 0.2) is 11.6 Å². The van der Waals surface area contributed by atoms with Gasteiger partial charge in [-0.3, -0.25) is 9.59 Å². The van der Waals surface area contributed by atoms with Gasteiger partial charge in [0, 0.05) is 24.6 Å². The summed E-state index contributed by atoms with van der Waals surface area (Å²) in [6, 6.07) is 3.03. The molecule has 1 aromatic carbocycles. The lowest BCUT2D eigenvalue weighted by atomic mass is 10.1. The highest BCUT2D eigenvalue weighted by atomic mass is 19.3. The first-order valence-electron chi connectivity index (χ1n) is 5.87. The van der Waals surface area contributed by atoms with E-state index >= 15 is 0 Å². The highest BCUT2D eigenvalue weighted by Gasteiger charge is 2.19. The quantitative estimate of drug-likeness (QED) is 0.887. The van der Waals surface area contributed by atoms with Crippen molar-refractivity contribution in [3.63, 3.8) is 0 Å². The number of amides is 2. The van der Waals surface area contributed by atoms with Crippen molar-refractivity contribution in [2.45, 2.75) is 19.5 Å². The second kappa shape index (κ2) is 6.25. The van der Waals surface area contributed by atoms with Gasteiger partial charge in [-0.25, -0.2) is 9.82 Å². The lowest BCUT2D eigenvalue weighted by molar-refractivity contribution is -0.121. The third kappa shape index (κ3) is 3.94. The van der Waals surface area contributed by atoms with E-state index in [1.165, 1.54) is 6.07 Å². The number of alkyl halides is 2. The molecule has 6 nitrogen and oxygen atoms in total. The van der Waals surface area contributed by atoms with Gasteiger partial charge in [-0.15, -0.1) is 0 Å². The molecule has 0 atom stereocenters. The predicted molar refractivity (Wildman–Crippen MR) is 66.5 cm³/mol. The van der Waals surface area contributed by atoms with Gasteiger partial charge in [0.1, 0.15) is 5.71 Å². The number of anilines is 1. The maximum atomic E-state index is 13.5. The highest BCUT2D eigenvalue weighted by molar-refractivity contribution is 6.43. The van der Waals surface area contributed by atoms with Crippen molar-refractivity contribution in [1.29, 1.82) is 0 Å². The number of carbonyl (C=O) groups excluding carboxylic acids is 2. The lowest BCUT2D eigenvalue weighted by Crippen LogP contribution is -2.32. The number of carbonyl (C=O) groups is 2. The third-order valence-electron chi connectivity index (χ3n) is 2.57. The van der Waals surface area contributed by atoms with Gasteiger partial charge >= 0.3 is 6.61 Å². The van der Waals surface area contributed by atoms with Crippen molar-refractivity contribution in [3.05, 3.63) is 24.0 Å². The summed E-state index contributed by atoms with van der Waals surface area (Å²) in [4.78, 5) is 22.7. The van der Waals surface area contributed by atoms with Gasteiger partial charge in [-0.1, -0.05) is 0 Å². The van der Waals surface area contributed by atoms with Crippen molar-refractivity contribution in [2.24, 2.45) is 5.10 Å². The summed E-state index contributed by atoms with van der Waals surface area (Å²) in [6.07, 6.45) is 0.286. The van der Waals surface area contributed by atoms with Gasteiger partial charge < -0.3 is 10.1 Å². The first-order valence-corrected chi connectivity index (χ1v) is 5.87. The van der Waals surface area contributed by atoms with Crippen LogP contribution in [0.2, 0.25) is 0 Å². The monoisotopic (exact) mass is 301 g/mol. The Morgan fingerprint density at radius 2 is 2.14 bits per heavy atom. The fourth-order valence-electron chi connectivity index (χ4n) is 1.61. The molecular weight excluding hydrogens is 291 g/mol. The molecule has 1 aromatic rings. The molecule has 0 fully saturated rings. The molecule has 0 unspecified atom stereocenters. The van der Waals surface area contributed by atoms with Crippen LogP contribution in [0.15, 0.2) is 23.3 Å². The second-order valence-electron chi connectivity index (χ2n) is 4.07. The number of nitrogens with zero attached hydrogens (tertiary/aromatic N) is 1. The molecule has 0 aliphatic carbocycles. The van der Waals surface area contributed by atoms with E-state index in [9.17, 15) is 22.8 Å². The molecule has 21 heavy (non-hydrogen) atoms. The molecule has 0 bridgehead atoms. The smallest absolute Gasteiger partial charge is 0.387 e. The van der Waals surface area contributed by atoms with Gasteiger partial charge in [0.05, 0.1) is 0 Å². The minimum atomic E-state index is -3.14. The summed E-state index contributed by atoms with van der Waals surface area (Å²) >= 11 is 0. The number of halogens is 3. The van der Waals surface area contributed by atoms with Crippen LogP contribution in [-0.4, -0.2) is 24.1 Å². The Bertz CT molecular complexity index is 605. The molecule has 112 valence electrons. The lowest BCUT2D eigenvalue weighted by Gasteiger charge is -2.12. The van der Waals surface area contributed by atoms with Crippen molar-refractivity contribution in [1.82, 2.24) is 5.43 Å². The molecule has 0 saturated heterocycles. The van der Waals surface area contributed by atoms with Crippen LogP contribution in [0.1, 0.15) is 12.8 Å². The molecular formula is C12H10F3N3O3. The summed E-state index contributed by atoms with van der Waals surface area (Å²) in [5.41, 5.74) is 2.29. The Kier molecular flexibility index (Phi) is 4.41. The van der Waals surface area contributed by atoms with E-state index in [1.807, 2.05) is 0 Å². The summed E-state index contributed by atoms with van der Waals surface area (Å²) in [7, 11) is 0. The molecule has 1 aliphatic heterocycles. The number of nitrogens with one attached hydrogen (secondary N) is 2. The maximum Gasteiger partial charge on any atom is 0.387 e. The van der Waals surface area contributed by atoms with Crippen LogP contribution in [0, 0.1) is 5.82 Å². The fraction of sp³-hybridized carbons (Fsp3) is 0.250. The number of benzene rings is 1.